The van der Waals surface area contributed by atoms with E-state index in [9.17, 15) is 9.59 Å². The maximum absolute atomic E-state index is 13.0. The van der Waals surface area contributed by atoms with Crippen LogP contribution in [0.4, 0.5) is 5.82 Å². The summed E-state index contributed by atoms with van der Waals surface area (Å²) >= 11 is 0. The second-order valence-corrected chi connectivity index (χ2v) is 7.05. The van der Waals surface area contributed by atoms with E-state index in [4.69, 9.17) is 5.26 Å². The van der Waals surface area contributed by atoms with Gasteiger partial charge in [-0.25, -0.2) is 4.98 Å². The number of fused-ring (bicyclic) bond motifs is 1. The molecule has 0 bridgehead atoms. The first-order valence-electron chi connectivity index (χ1n) is 9.23. The summed E-state index contributed by atoms with van der Waals surface area (Å²) in [5.74, 6) is 0.851. The van der Waals surface area contributed by atoms with Gasteiger partial charge in [-0.2, -0.15) is 5.26 Å². The lowest BCUT2D eigenvalue weighted by molar-refractivity contribution is 0.0740. The number of hydrogen-bond donors (Lipinski definition) is 1. The van der Waals surface area contributed by atoms with Gasteiger partial charge >= 0.3 is 0 Å². The first-order valence-corrected chi connectivity index (χ1v) is 9.23. The number of pyridine rings is 1. The highest BCUT2D eigenvalue weighted by molar-refractivity contribution is 6.04. The number of aromatic amines is 1. The molecule has 7 nitrogen and oxygen atoms in total. The zero-order valence-electron chi connectivity index (χ0n) is 15.3. The van der Waals surface area contributed by atoms with Crippen LogP contribution in [0.5, 0.6) is 0 Å². The number of Topliss-reactive ketones (excluding diaryl/α,β-unsaturated/α-hetero) is 1. The monoisotopic (exact) mass is 363 g/mol. The Labute approximate surface area is 157 Å². The standard InChI is InChI=1S/C20H21N5O2/c1-13-18-15(3-2-4-16(18)26)23-19(13)20(27)25-9-7-24(8-10-25)17-11-14(12-21)5-6-22-17/h5-6,11,23H,2-4,7-10H2,1H3. The van der Waals surface area contributed by atoms with Gasteiger partial charge in [-0.15, -0.1) is 0 Å². The second kappa shape index (κ2) is 6.88. The van der Waals surface area contributed by atoms with E-state index in [1.807, 2.05) is 11.8 Å². The number of ketones is 1. The third kappa shape index (κ3) is 3.08. The minimum absolute atomic E-state index is 0.0481. The smallest absolute Gasteiger partial charge is 0.270 e. The highest BCUT2D eigenvalue weighted by atomic mass is 16.2. The van der Waals surface area contributed by atoms with Crippen molar-refractivity contribution in [3.05, 3.63) is 46.4 Å². The van der Waals surface area contributed by atoms with Crippen molar-refractivity contribution in [1.29, 1.82) is 5.26 Å². The van der Waals surface area contributed by atoms with Crippen molar-refractivity contribution in [3.63, 3.8) is 0 Å². The van der Waals surface area contributed by atoms with Gasteiger partial charge < -0.3 is 14.8 Å². The van der Waals surface area contributed by atoms with E-state index in [0.29, 0.717) is 43.9 Å². The normalized spacial score (nSPS) is 16.8. The minimum atomic E-state index is -0.0481. The fourth-order valence-corrected chi connectivity index (χ4v) is 3.95. The number of rotatable bonds is 2. The summed E-state index contributed by atoms with van der Waals surface area (Å²) in [7, 11) is 0. The predicted molar refractivity (Wildman–Crippen MR) is 99.9 cm³/mol. The summed E-state index contributed by atoms with van der Waals surface area (Å²) in [4.78, 5) is 36.6. The second-order valence-electron chi connectivity index (χ2n) is 7.05. The van der Waals surface area contributed by atoms with Gasteiger partial charge in [-0.3, -0.25) is 9.59 Å². The van der Waals surface area contributed by atoms with Crippen LogP contribution in [-0.4, -0.2) is 52.7 Å². The lowest BCUT2D eigenvalue weighted by Gasteiger charge is -2.35. The topological polar surface area (TPSA) is 93.1 Å². The lowest BCUT2D eigenvalue weighted by Crippen LogP contribution is -2.49. The number of nitriles is 1. The molecule has 4 rings (SSSR count). The fraction of sp³-hybridized carbons (Fsp3) is 0.400. The van der Waals surface area contributed by atoms with Crippen molar-refractivity contribution in [1.82, 2.24) is 14.9 Å². The molecule has 0 spiro atoms. The molecule has 2 aromatic heterocycles. The Morgan fingerprint density at radius 2 is 2.04 bits per heavy atom. The molecule has 0 aromatic carbocycles. The van der Waals surface area contributed by atoms with Crippen LogP contribution in [0.25, 0.3) is 0 Å². The van der Waals surface area contributed by atoms with Crippen LogP contribution in [0.2, 0.25) is 0 Å². The molecule has 1 fully saturated rings. The van der Waals surface area contributed by atoms with E-state index in [-0.39, 0.29) is 11.7 Å². The third-order valence-corrected chi connectivity index (χ3v) is 5.42. The molecule has 1 N–H and O–H groups in total. The van der Waals surface area contributed by atoms with Crippen LogP contribution >= 0.6 is 0 Å². The van der Waals surface area contributed by atoms with Crippen LogP contribution in [0, 0.1) is 18.3 Å². The van der Waals surface area contributed by atoms with Gasteiger partial charge in [0.25, 0.3) is 5.91 Å². The van der Waals surface area contributed by atoms with Crippen LogP contribution in [-0.2, 0) is 6.42 Å². The number of hydrogen-bond acceptors (Lipinski definition) is 5. The first-order chi connectivity index (χ1) is 13.1. The van der Waals surface area contributed by atoms with Crippen molar-refractivity contribution >= 4 is 17.5 Å². The van der Waals surface area contributed by atoms with Gasteiger partial charge in [0.15, 0.2) is 5.78 Å². The summed E-state index contributed by atoms with van der Waals surface area (Å²) in [6.45, 7) is 4.33. The molecule has 3 heterocycles. The average Bonchev–Trinajstić information content (AvgIpc) is 3.05. The average molecular weight is 363 g/mol. The zero-order valence-corrected chi connectivity index (χ0v) is 15.3. The maximum atomic E-state index is 13.0. The molecule has 2 aliphatic rings. The molecule has 7 heteroatoms. The number of piperazine rings is 1. The third-order valence-electron chi connectivity index (χ3n) is 5.42. The Bertz CT molecular complexity index is 948. The molecule has 0 radical (unpaired) electrons. The van der Waals surface area contributed by atoms with Gasteiger partial charge in [-0.1, -0.05) is 0 Å². The molecule has 0 atom stereocenters. The SMILES string of the molecule is Cc1c(C(=O)N2CCN(c3cc(C#N)ccn3)CC2)[nH]c2c1C(=O)CCC2. The van der Waals surface area contributed by atoms with Crippen molar-refractivity contribution in [2.24, 2.45) is 0 Å². The number of carbonyl (C=O) groups is 2. The van der Waals surface area contributed by atoms with Crippen LogP contribution in [0.1, 0.15) is 50.5 Å². The maximum Gasteiger partial charge on any atom is 0.270 e. The largest absolute Gasteiger partial charge is 0.354 e. The van der Waals surface area contributed by atoms with Gasteiger partial charge in [0, 0.05) is 50.1 Å². The molecule has 1 saturated heterocycles. The number of aryl methyl sites for hydroxylation is 1. The van der Waals surface area contributed by atoms with E-state index in [1.54, 1.807) is 18.3 Å². The molecular weight excluding hydrogens is 342 g/mol. The van der Waals surface area contributed by atoms with Crippen LogP contribution in [0.3, 0.4) is 0 Å². The highest BCUT2D eigenvalue weighted by Crippen LogP contribution is 2.27. The lowest BCUT2D eigenvalue weighted by atomic mass is 9.93. The van der Waals surface area contributed by atoms with Crippen molar-refractivity contribution in [3.8, 4) is 6.07 Å². The molecule has 2 aromatic rings. The van der Waals surface area contributed by atoms with Crippen molar-refractivity contribution in [2.75, 3.05) is 31.1 Å². The van der Waals surface area contributed by atoms with E-state index >= 15 is 0 Å². The molecular formula is C20H21N5O2. The summed E-state index contributed by atoms with van der Waals surface area (Å²) in [5, 5.41) is 9.04. The summed E-state index contributed by atoms with van der Waals surface area (Å²) in [6.07, 6.45) is 3.86. The molecule has 0 unspecified atom stereocenters. The Balaban J connectivity index is 1.48. The Hall–Kier alpha value is -3.14. The summed E-state index contributed by atoms with van der Waals surface area (Å²) in [6, 6.07) is 5.58. The van der Waals surface area contributed by atoms with Crippen molar-refractivity contribution < 1.29 is 9.59 Å². The first kappa shape index (κ1) is 17.3. The number of nitrogens with one attached hydrogen (secondary N) is 1. The number of nitrogens with zero attached hydrogens (tertiary/aromatic N) is 4. The van der Waals surface area contributed by atoms with Crippen LogP contribution in [0.15, 0.2) is 18.3 Å². The van der Waals surface area contributed by atoms with E-state index in [2.05, 4.69) is 20.9 Å². The summed E-state index contributed by atoms with van der Waals surface area (Å²) < 4.78 is 0. The predicted octanol–water partition coefficient (Wildman–Crippen LogP) is 2.07. The van der Waals surface area contributed by atoms with Crippen molar-refractivity contribution in [2.45, 2.75) is 26.2 Å². The van der Waals surface area contributed by atoms with Gasteiger partial charge in [0.05, 0.1) is 11.6 Å². The highest BCUT2D eigenvalue weighted by Gasteiger charge is 2.30. The molecule has 27 heavy (non-hydrogen) atoms. The molecule has 1 aliphatic heterocycles. The molecule has 0 saturated carbocycles. The number of aromatic nitrogens is 2. The number of H-pyrrole nitrogens is 1. The van der Waals surface area contributed by atoms with E-state index in [0.717, 1.165) is 35.5 Å². The van der Waals surface area contributed by atoms with Gasteiger partial charge in [0.2, 0.25) is 0 Å². The Morgan fingerprint density at radius 3 is 2.74 bits per heavy atom. The fourth-order valence-electron chi connectivity index (χ4n) is 3.95. The van der Waals surface area contributed by atoms with E-state index in [1.165, 1.54) is 0 Å². The van der Waals surface area contributed by atoms with E-state index < -0.39 is 0 Å². The zero-order chi connectivity index (χ0) is 19.0. The number of anilines is 1. The molecule has 1 aliphatic carbocycles. The van der Waals surface area contributed by atoms with Gasteiger partial charge in [-0.05, 0) is 37.5 Å². The molecule has 138 valence electrons. The Kier molecular flexibility index (Phi) is 4.40. The minimum Gasteiger partial charge on any atom is -0.354 e. The summed E-state index contributed by atoms with van der Waals surface area (Å²) in [5.41, 5.74) is 3.54. The quantitative estimate of drug-likeness (QED) is 0.882. The van der Waals surface area contributed by atoms with Crippen LogP contribution < -0.4 is 4.90 Å². The Morgan fingerprint density at radius 1 is 1.26 bits per heavy atom. The number of carbonyl (C=O) groups excluding carboxylic acids is 2. The van der Waals surface area contributed by atoms with Gasteiger partial charge in [0.1, 0.15) is 11.5 Å². The molecule has 1 amide bonds. The number of amides is 1.